The van der Waals surface area contributed by atoms with Gasteiger partial charge in [-0.1, -0.05) is 68.7 Å². The number of esters is 2. The lowest BCUT2D eigenvalue weighted by Crippen LogP contribution is -2.28. The van der Waals surface area contributed by atoms with Crippen LogP contribution in [0.1, 0.15) is 80.1 Å². The summed E-state index contributed by atoms with van der Waals surface area (Å²) in [6.07, 6.45) is 16.2. The summed E-state index contributed by atoms with van der Waals surface area (Å²) in [4.78, 5) is 23.7. The number of unbranched alkanes of at least 4 members (excludes halogenated alkanes) is 1. The maximum absolute atomic E-state index is 12.1. The molecule has 1 atom stereocenters. The minimum atomic E-state index is -0.870. The van der Waals surface area contributed by atoms with E-state index in [0.29, 0.717) is 6.42 Å². The molecule has 33 heavy (non-hydrogen) atoms. The molecule has 0 aromatic heterocycles. The first-order valence-corrected chi connectivity index (χ1v) is 12.0. The molecule has 0 saturated heterocycles. The van der Waals surface area contributed by atoms with Gasteiger partial charge < -0.3 is 14.6 Å². The van der Waals surface area contributed by atoms with Crippen molar-refractivity contribution in [2.75, 3.05) is 13.2 Å². The Morgan fingerprint density at radius 3 is 2.55 bits per heavy atom. The average Bonchev–Trinajstić information content (AvgIpc) is 2.74. The summed E-state index contributed by atoms with van der Waals surface area (Å²) < 4.78 is 10.2. The van der Waals surface area contributed by atoms with Crippen LogP contribution in [0.2, 0.25) is 0 Å². The number of ether oxygens (including phenoxy) is 2. The molecule has 5 nitrogen and oxygen atoms in total. The van der Waals surface area contributed by atoms with Gasteiger partial charge in [-0.05, 0) is 63.0 Å². The Kier molecular flexibility index (Phi) is 12.7. The van der Waals surface area contributed by atoms with Crippen molar-refractivity contribution in [2.45, 2.75) is 86.2 Å². The van der Waals surface area contributed by atoms with Crippen LogP contribution in [0.4, 0.5) is 0 Å². The Hall–Kier alpha value is -2.40. The van der Waals surface area contributed by atoms with E-state index in [4.69, 9.17) is 9.47 Å². The third-order valence-electron chi connectivity index (χ3n) is 5.77. The first-order chi connectivity index (χ1) is 15.6. The lowest BCUT2D eigenvalue weighted by atomic mass is 9.72. The van der Waals surface area contributed by atoms with E-state index in [1.165, 1.54) is 36.5 Å². The average molecular weight is 459 g/mol. The van der Waals surface area contributed by atoms with Crippen molar-refractivity contribution in [1.29, 1.82) is 0 Å². The summed E-state index contributed by atoms with van der Waals surface area (Å²) in [6, 6.07) is 0. The number of aliphatic hydroxyl groups is 1. The van der Waals surface area contributed by atoms with Crippen molar-refractivity contribution in [2.24, 2.45) is 5.41 Å². The SMILES string of the molecule is CCCCC(=O)OCC(CO)OC(=O)/C=C(C)/C=C/C=C(C)/C=C/C1=C(C)CCCC1(C)C. The Morgan fingerprint density at radius 2 is 1.91 bits per heavy atom. The summed E-state index contributed by atoms with van der Waals surface area (Å²) in [5, 5.41) is 9.37. The molecule has 184 valence electrons. The zero-order valence-corrected chi connectivity index (χ0v) is 21.3. The zero-order chi connectivity index (χ0) is 24.9. The fourth-order valence-electron chi connectivity index (χ4n) is 3.77. The van der Waals surface area contributed by atoms with Gasteiger partial charge in [-0.2, -0.15) is 0 Å². The minimum absolute atomic E-state index is 0.144. The molecule has 0 heterocycles. The molecule has 1 aliphatic rings. The van der Waals surface area contributed by atoms with Crippen LogP contribution < -0.4 is 0 Å². The van der Waals surface area contributed by atoms with Crippen LogP contribution in [0.3, 0.4) is 0 Å². The summed E-state index contributed by atoms with van der Waals surface area (Å²) in [7, 11) is 0. The maximum Gasteiger partial charge on any atom is 0.331 e. The van der Waals surface area contributed by atoms with Crippen LogP contribution in [-0.2, 0) is 19.1 Å². The van der Waals surface area contributed by atoms with Crippen LogP contribution in [0.15, 0.2) is 58.7 Å². The fourth-order valence-corrected chi connectivity index (χ4v) is 3.77. The Bertz CT molecular complexity index is 808. The first kappa shape index (κ1) is 28.6. The van der Waals surface area contributed by atoms with Gasteiger partial charge in [-0.3, -0.25) is 4.79 Å². The Labute approximate surface area is 199 Å². The van der Waals surface area contributed by atoms with Crippen molar-refractivity contribution in [3.63, 3.8) is 0 Å². The maximum atomic E-state index is 12.1. The van der Waals surface area contributed by atoms with E-state index >= 15 is 0 Å². The molecule has 1 rings (SSSR count). The van der Waals surface area contributed by atoms with Gasteiger partial charge in [0.2, 0.25) is 0 Å². The van der Waals surface area contributed by atoms with Gasteiger partial charge in [0.1, 0.15) is 6.61 Å². The van der Waals surface area contributed by atoms with E-state index < -0.39 is 18.7 Å². The van der Waals surface area contributed by atoms with Crippen LogP contribution in [0, 0.1) is 5.41 Å². The van der Waals surface area contributed by atoms with Crippen LogP contribution >= 0.6 is 0 Å². The van der Waals surface area contributed by atoms with Crippen molar-refractivity contribution in [3.8, 4) is 0 Å². The monoisotopic (exact) mass is 458 g/mol. The molecule has 0 aromatic carbocycles. The van der Waals surface area contributed by atoms with Crippen molar-refractivity contribution in [3.05, 3.63) is 58.7 Å². The highest BCUT2D eigenvalue weighted by atomic mass is 16.6. The molecule has 0 saturated carbocycles. The first-order valence-electron chi connectivity index (χ1n) is 12.0. The lowest BCUT2D eigenvalue weighted by Gasteiger charge is -2.32. The third-order valence-corrected chi connectivity index (χ3v) is 5.77. The number of rotatable bonds is 12. The molecule has 0 amide bonds. The zero-order valence-electron chi connectivity index (χ0n) is 21.3. The van der Waals surface area contributed by atoms with Crippen molar-refractivity contribution < 1.29 is 24.2 Å². The van der Waals surface area contributed by atoms with Gasteiger partial charge in [-0.15, -0.1) is 0 Å². The molecular weight excluding hydrogens is 416 g/mol. The van der Waals surface area contributed by atoms with E-state index in [9.17, 15) is 14.7 Å². The van der Waals surface area contributed by atoms with Gasteiger partial charge in [0.05, 0.1) is 6.61 Å². The lowest BCUT2D eigenvalue weighted by molar-refractivity contribution is -0.157. The molecule has 0 spiro atoms. The second kappa shape index (κ2) is 14.7. The second-order valence-corrected chi connectivity index (χ2v) is 9.45. The summed E-state index contributed by atoms with van der Waals surface area (Å²) in [5.74, 6) is -0.931. The van der Waals surface area contributed by atoms with Crippen LogP contribution in [0.5, 0.6) is 0 Å². The molecule has 0 radical (unpaired) electrons. The number of carbonyl (C=O) groups excluding carboxylic acids is 2. The number of carbonyl (C=O) groups is 2. The molecule has 0 fully saturated rings. The van der Waals surface area contributed by atoms with Crippen molar-refractivity contribution >= 4 is 11.9 Å². The molecule has 1 N–H and O–H groups in total. The highest BCUT2D eigenvalue weighted by Gasteiger charge is 2.26. The smallest absolute Gasteiger partial charge is 0.331 e. The third kappa shape index (κ3) is 11.3. The molecule has 1 aliphatic carbocycles. The van der Waals surface area contributed by atoms with Crippen LogP contribution in [0.25, 0.3) is 0 Å². The quantitative estimate of drug-likeness (QED) is 0.215. The number of hydrogen-bond acceptors (Lipinski definition) is 5. The topological polar surface area (TPSA) is 72.8 Å². The Morgan fingerprint density at radius 1 is 1.18 bits per heavy atom. The van der Waals surface area contributed by atoms with E-state index in [-0.39, 0.29) is 18.0 Å². The van der Waals surface area contributed by atoms with E-state index in [1.807, 2.05) is 32.1 Å². The predicted octanol–water partition coefficient (Wildman–Crippen LogP) is 6.16. The standard InChI is InChI=1S/C28H42O5/c1-7-8-14-26(30)32-20-24(19-29)33-27(31)18-22(3)12-9-11-21(2)15-16-25-23(4)13-10-17-28(25,5)6/h9,11-12,15-16,18,24,29H,7-8,10,13-14,17,19-20H2,1-6H3/b12-9+,16-15+,21-11+,22-18+. The molecule has 5 heteroatoms. The predicted molar refractivity (Wildman–Crippen MR) is 134 cm³/mol. The number of aliphatic hydroxyl groups excluding tert-OH is 1. The Balaban J connectivity index is 2.60. The second-order valence-electron chi connectivity index (χ2n) is 9.45. The van der Waals surface area contributed by atoms with Crippen LogP contribution in [-0.4, -0.2) is 36.4 Å². The van der Waals surface area contributed by atoms with E-state index in [0.717, 1.165) is 24.0 Å². The summed E-state index contributed by atoms with van der Waals surface area (Å²) in [6.45, 7) is 12.1. The minimum Gasteiger partial charge on any atom is -0.462 e. The largest absolute Gasteiger partial charge is 0.462 e. The van der Waals surface area contributed by atoms with Crippen molar-refractivity contribution in [1.82, 2.24) is 0 Å². The van der Waals surface area contributed by atoms with Gasteiger partial charge in [0.15, 0.2) is 6.10 Å². The van der Waals surface area contributed by atoms with E-state index in [2.05, 4.69) is 32.9 Å². The van der Waals surface area contributed by atoms with Gasteiger partial charge in [0.25, 0.3) is 0 Å². The summed E-state index contributed by atoms with van der Waals surface area (Å²) >= 11 is 0. The highest BCUT2D eigenvalue weighted by molar-refractivity contribution is 5.83. The van der Waals surface area contributed by atoms with Gasteiger partial charge in [-0.25, -0.2) is 4.79 Å². The number of allylic oxidation sites excluding steroid dienone is 9. The molecular formula is C28H42O5. The van der Waals surface area contributed by atoms with Gasteiger partial charge >= 0.3 is 11.9 Å². The molecule has 1 unspecified atom stereocenters. The molecule has 0 aromatic rings. The van der Waals surface area contributed by atoms with E-state index in [1.54, 1.807) is 6.92 Å². The molecule has 0 bridgehead atoms. The van der Waals surface area contributed by atoms with Gasteiger partial charge in [0, 0.05) is 12.5 Å². The number of hydrogen-bond donors (Lipinski definition) is 1. The normalized spacial score (nSPS) is 18.2. The highest BCUT2D eigenvalue weighted by Crippen LogP contribution is 2.40. The summed E-state index contributed by atoms with van der Waals surface area (Å²) in [5.41, 5.74) is 4.96. The fraction of sp³-hybridized carbons (Fsp3) is 0.571. The molecule has 0 aliphatic heterocycles.